The van der Waals surface area contributed by atoms with Crippen LogP contribution >= 0.6 is 24.0 Å². The Morgan fingerprint density at radius 3 is 2.63 bits per heavy atom. The van der Waals surface area contributed by atoms with Crippen LogP contribution in [0.2, 0.25) is 5.02 Å². The average molecular weight is 307 g/mol. The zero-order chi connectivity index (χ0) is 13.5. The number of halogens is 2. The van der Waals surface area contributed by atoms with Gasteiger partial charge in [0.05, 0.1) is 11.6 Å². The number of benzene rings is 1. The molecule has 1 rings (SSSR count). The highest BCUT2D eigenvalue weighted by atomic mass is 35.5. The number of nitrogens with one attached hydrogen (secondary N) is 1. The van der Waals surface area contributed by atoms with Crippen molar-refractivity contribution in [2.75, 3.05) is 13.1 Å². The van der Waals surface area contributed by atoms with Gasteiger partial charge in [-0.1, -0.05) is 30.7 Å². The van der Waals surface area contributed by atoms with Crippen LogP contribution in [0.1, 0.15) is 13.8 Å². The summed E-state index contributed by atoms with van der Waals surface area (Å²) >= 11 is 5.98. The first-order valence-electron chi connectivity index (χ1n) is 5.93. The van der Waals surface area contributed by atoms with E-state index in [1.807, 2.05) is 19.1 Å². The van der Waals surface area contributed by atoms with E-state index in [0.29, 0.717) is 23.9 Å². The van der Waals surface area contributed by atoms with E-state index in [4.69, 9.17) is 22.1 Å². The van der Waals surface area contributed by atoms with Crippen molar-refractivity contribution in [3.8, 4) is 5.75 Å². The molecule has 6 heteroatoms. The van der Waals surface area contributed by atoms with Crippen molar-refractivity contribution in [2.24, 2.45) is 11.7 Å². The summed E-state index contributed by atoms with van der Waals surface area (Å²) in [5.41, 5.74) is 5.41. The van der Waals surface area contributed by atoms with Crippen molar-refractivity contribution >= 4 is 29.9 Å². The average Bonchev–Trinajstić information content (AvgIpc) is 2.37. The Bertz CT molecular complexity index is 402. The maximum atomic E-state index is 11.5. The topological polar surface area (TPSA) is 64.4 Å². The third-order valence-electron chi connectivity index (χ3n) is 2.53. The highest BCUT2D eigenvalue weighted by molar-refractivity contribution is 6.32. The number of ether oxygens (including phenoxy) is 1. The predicted molar refractivity (Wildman–Crippen MR) is 80.0 cm³/mol. The van der Waals surface area contributed by atoms with Gasteiger partial charge in [-0.2, -0.15) is 0 Å². The Kier molecular flexibility index (Phi) is 8.56. The van der Waals surface area contributed by atoms with Gasteiger partial charge in [0.25, 0.3) is 0 Å². The van der Waals surface area contributed by atoms with E-state index in [1.165, 1.54) is 0 Å². The highest BCUT2D eigenvalue weighted by Gasteiger charge is 2.12. The van der Waals surface area contributed by atoms with E-state index < -0.39 is 0 Å². The lowest BCUT2D eigenvalue weighted by atomic mass is 10.1. The van der Waals surface area contributed by atoms with Crippen LogP contribution in [0, 0.1) is 5.92 Å². The smallest absolute Gasteiger partial charge is 0.224 e. The number of carbonyl (C=O) groups excluding carboxylic acids is 1. The first kappa shape index (κ1) is 18.0. The maximum Gasteiger partial charge on any atom is 0.224 e. The highest BCUT2D eigenvalue weighted by Crippen LogP contribution is 2.23. The van der Waals surface area contributed by atoms with Crippen LogP contribution in [0.25, 0.3) is 0 Å². The second-order valence-corrected chi connectivity index (χ2v) is 4.65. The second-order valence-electron chi connectivity index (χ2n) is 4.24. The van der Waals surface area contributed by atoms with Gasteiger partial charge in [-0.05, 0) is 19.1 Å². The molecule has 0 aliphatic heterocycles. The fraction of sp³-hybridized carbons (Fsp3) is 0.462. The fourth-order valence-corrected chi connectivity index (χ4v) is 1.50. The molecule has 0 spiro atoms. The van der Waals surface area contributed by atoms with Gasteiger partial charge in [0.2, 0.25) is 5.91 Å². The summed E-state index contributed by atoms with van der Waals surface area (Å²) in [5.74, 6) is 0.373. The molecule has 3 N–H and O–H groups in total. The van der Waals surface area contributed by atoms with Gasteiger partial charge in [-0.25, -0.2) is 0 Å². The third-order valence-corrected chi connectivity index (χ3v) is 2.84. The zero-order valence-electron chi connectivity index (χ0n) is 11.1. The number of para-hydroxylation sites is 1. The number of rotatable bonds is 6. The van der Waals surface area contributed by atoms with Gasteiger partial charge in [0.15, 0.2) is 0 Å². The largest absolute Gasteiger partial charge is 0.487 e. The Hall–Kier alpha value is -0.970. The molecule has 108 valence electrons. The molecule has 1 amide bonds. The molecule has 0 bridgehead atoms. The Balaban J connectivity index is 0.00000324. The molecule has 0 radical (unpaired) electrons. The van der Waals surface area contributed by atoms with Crippen LogP contribution in [-0.4, -0.2) is 25.1 Å². The molecule has 2 atom stereocenters. The van der Waals surface area contributed by atoms with Crippen LogP contribution in [0.4, 0.5) is 0 Å². The standard InChI is InChI=1S/C13H19ClN2O2.ClH/c1-9(7-15)13(17)16-8-10(2)18-12-6-4-3-5-11(12)14;/h3-6,9-10H,7-8,15H2,1-2H3,(H,16,17);1H. The van der Waals surface area contributed by atoms with Crippen LogP contribution in [0.5, 0.6) is 5.75 Å². The number of nitrogens with two attached hydrogens (primary N) is 1. The van der Waals surface area contributed by atoms with Crippen LogP contribution < -0.4 is 15.8 Å². The monoisotopic (exact) mass is 306 g/mol. The quantitative estimate of drug-likeness (QED) is 0.847. The maximum absolute atomic E-state index is 11.5. The molecule has 0 aliphatic carbocycles. The second kappa shape index (κ2) is 9.02. The SMILES string of the molecule is CC(CNC(=O)C(C)CN)Oc1ccccc1Cl.Cl. The number of carbonyl (C=O) groups is 1. The lowest BCUT2D eigenvalue weighted by Gasteiger charge is -2.17. The molecule has 0 fully saturated rings. The molecule has 0 heterocycles. The summed E-state index contributed by atoms with van der Waals surface area (Å²) in [6, 6.07) is 7.25. The molecule has 2 unspecified atom stereocenters. The minimum Gasteiger partial charge on any atom is -0.487 e. The lowest BCUT2D eigenvalue weighted by molar-refractivity contribution is -0.124. The van der Waals surface area contributed by atoms with Gasteiger partial charge < -0.3 is 15.8 Å². The minimum absolute atomic E-state index is 0. The van der Waals surface area contributed by atoms with E-state index in [-0.39, 0.29) is 30.3 Å². The first-order chi connectivity index (χ1) is 8.54. The Morgan fingerprint density at radius 2 is 2.05 bits per heavy atom. The molecule has 0 aromatic heterocycles. The lowest BCUT2D eigenvalue weighted by Crippen LogP contribution is -2.38. The van der Waals surface area contributed by atoms with Gasteiger partial charge in [-0.3, -0.25) is 4.79 Å². The Morgan fingerprint density at radius 1 is 1.42 bits per heavy atom. The molecule has 0 saturated carbocycles. The van der Waals surface area contributed by atoms with Gasteiger partial charge in [-0.15, -0.1) is 12.4 Å². The normalized spacial score (nSPS) is 13.1. The van der Waals surface area contributed by atoms with Gasteiger partial charge >= 0.3 is 0 Å². The van der Waals surface area contributed by atoms with Gasteiger partial charge in [0, 0.05) is 12.5 Å². The fourth-order valence-electron chi connectivity index (χ4n) is 1.32. The summed E-state index contributed by atoms with van der Waals surface area (Å²) in [6.07, 6.45) is -0.154. The molecule has 4 nitrogen and oxygen atoms in total. The van der Waals surface area contributed by atoms with E-state index in [9.17, 15) is 4.79 Å². The number of amides is 1. The molecule has 19 heavy (non-hydrogen) atoms. The van der Waals surface area contributed by atoms with Crippen molar-refractivity contribution in [3.05, 3.63) is 29.3 Å². The van der Waals surface area contributed by atoms with E-state index >= 15 is 0 Å². The van der Waals surface area contributed by atoms with E-state index in [0.717, 1.165) is 0 Å². The van der Waals surface area contributed by atoms with Gasteiger partial charge in [0.1, 0.15) is 11.9 Å². The number of hydrogen-bond acceptors (Lipinski definition) is 3. The van der Waals surface area contributed by atoms with E-state index in [2.05, 4.69) is 5.32 Å². The van der Waals surface area contributed by atoms with Crippen LogP contribution in [0.3, 0.4) is 0 Å². The van der Waals surface area contributed by atoms with E-state index in [1.54, 1.807) is 19.1 Å². The van der Waals surface area contributed by atoms with Crippen molar-refractivity contribution < 1.29 is 9.53 Å². The molecular weight excluding hydrogens is 287 g/mol. The molecular formula is C13H20Cl2N2O2. The van der Waals surface area contributed by atoms with Crippen molar-refractivity contribution in [1.29, 1.82) is 0 Å². The summed E-state index contributed by atoms with van der Waals surface area (Å²) in [4.78, 5) is 11.5. The first-order valence-corrected chi connectivity index (χ1v) is 6.31. The summed E-state index contributed by atoms with van der Waals surface area (Å²) in [6.45, 7) is 4.42. The zero-order valence-corrected chi connectivity index (χ0v) is 12.6. The van der Waals surface area contributed by atoms with Crippen molar-refractivity contribution in [1.82, 2.24) is 5.32 Å². The summed E-state index contributed by atoms with van der Waals surface area (Å²) in [7, 11) is 0. The van der Waals surface area contributed by atoms with Crippen LogP contribution in [-0.2, 0) is 4.79 Å². The molecule has 0 saturated heterocycles. The Labute approximate surface area is 125 Å². The summed E-state index contributed by atoms with van der Waals surface area (Å²) < 4.78 is 5.63. The molecule has 1 aromatic carbocycles. The van der Waals surface area contributed by atoms with Crippen molar-refractivity contribution in [3.63, 3.8) is 0 Å². The van der Waals surface area contributed by atoms with Crippen molar-refractivity contribution in [2.45, 2.75) is 20.0 Å². The van der Waals surface area contributed by atoms with Crippen LogP contribution in [0.15, 0.2) is 24.3 Å². The minimum atomic E-state index is -0.183. The summed E-state index contributed by atoms with van der Waals surface area (Å²) in [5, 5.41) is 3.35. The predicted octanol–water partition coefficient (Wildman–Crippen LogP) is 2.24. The number of hydrogen-bond donors (Lipinski definition) is 2. The molecule has 0 aliphatic rings. The third kappa shape index (κ3) is 6.14. The molecule has 1 aromatic rings.